The van der Waals surface area contributed by atoms with Crippen LogP contribution in [0.15, 0.2) is 36.5 Å². The molecule has 1 N–H and O–H groups in total. The fourth-order valence-corrected chi connectivity index (χ4v) is 1.71. The van der Waals surface area contributed by atoms with E-state index in [0.29, 0.717) is 6.42 Å². The van der Waals surface area contributed by atoms with E-state index >= 15 is 0 Å². The Bertz CT molecular complexity index is 343. The summed E-state index contributed by atoms with van der Waals surface area (Å²) in [6.07, 6.45) is 6.80. The molecule has 0 fully saturated rings. The molecule has 0 radical (unpaired) electrons. The monoisotopic (exact) mass is 224 g/mol. The highest BCUT2D eigenvalue weighted by Crippen LogP contribution is 2.28. The van der Waals surface area contributed by atoms with Gasteiger partial charge in [-0.1, -0.05) is 12.2 Å². The lowest BCUT2D eigenvalue weighted by Crippen LogP contribution is -2.50. The molecule has 2 atom stereocenters. The molecule has 0 aliphatic heterocycles. The van der Waals surface area contributed by atoms with E-state index in [9.17, 15) is 9.90 Å². The van der Waals surface area contributed by atoms with Gasteiger partial charge in [0.15, 0.2) is 0 Å². The molecule has 4 heteroatoms. The van der Waals surface area contributed by atoms with Crippen LogP contribution in [-0.2, 0) is 14.3 Å². The van der Waals surface area contributed by atoms with Crippen LogP contribution < -0.4 is 0 Å². The minimum absolute atomic E-state index is 0.630. The Kier molecular flexibility index (Phi) is 4.04. The molecule has 88 valence electrons. The quantitative estimate of drug-likeness (QED) is 0.720. The van der Waals surface area contributed by atoms with E-state index in [-0.39, 0.29) is 0 Å². The van der Waals surface area contributed by atoms with Gasteiger partial charge in [0.05, 0.1) is 0 Å². The van der Waals surface area contributed by atoms with Gasteiger partial charge in [0.2, 0.25) is 5.60 Å². The molecule has 16 heavy (non-hydrogen) atoms. The lowest BCUT2D eigenvalue weighted by molar-refractivity contribution is -0.167. The van der Waals surface area contributed by atoms with E-state index in [4.69, 9.17) is 9.47 Å². The molecule has 0 aromatic carbocycles. The van der Waals surface area contributed by atoms with Crippen LogP contribution in [0.25, 0.3) is 0 Å². The molecule has 0 heterocycles. The van der Waals surface area contributed by atoms with E-state index < -0.39 is 17.7 Å². The molecule has 2 unspecified atom stereocenters. The maximum Gasteiger partial charge on any atom is 0.343 e. The van der Waals surface area contributed by atoms with Crippen molar-refractivity contribution in [3.63, 3.8) is 0 Å². The van der Waals surface area contributed by atoms with Crippen molar-refractivity contribution >= 4 is 5.97 Å². The molecule has 1 rings (SSSR count). The van der Waals surface area contributed by atoms with Crippen molar-refractivity contribution < 1.29 is 19.4 Å². The maximum atomic E-state index is 11.2. The highest BCUT2D eigenvalue weighted by atomic mass is 16.6. The number of hydrogen-bond donors (Lipinski definition) is 1. The summed E-state index contributed by atoms with van der Waals surface area (Å²) in [5.74, 6) is -1.06. The Morgan fingerprint density at radius 3 is 2.81 bits per heavy atom. The van der Waals surface area contributed by atoms with Gasteiger partial charge in [-0.2, -0.15) is 0 Å². The van der Waals surface area contributed by atoms with E-state index in [1.807, 2.05) is 0 Å². The summed E-state index contributed by atoms with van der Waals surface area (Å²) < 4.78 is 10.3. The van der Waals surface area contributed by atoms with Gasteiger partial charge in [-0.05, 0) is 24.1 Å². The second-order valence-corrected chi connectivity index (χ2v) is 3.53. The van der Waals surface area contributed by atoms with Crippen molar-refractivity contribution in [3.8, 4) is 0 Å². The van der Waals surface area contributed by atoms with Crippen molar-refractivity contribution in [2.45, 2.75) is 18.1 Å². The van der Waals surface area contributed by atoms with Gasteiger partial charge in [-0.25, -0.2) is 4.79 Å². The number of carboxylic acids is 1. The number of rotatable bonds is 5. The molecule has 0 aromatic rings. The summed E-state index contributed by atoms with van der Waals surface area (Å²) in [5, 5.41) is 9.20. The second kappa shape index (κ2) is 5.09. The summed E-state index contributed by atoms with van der Waals surface area (Å²) >= 11 is 0. The number of methoxy groups -OCH3 is 2. The number of ether oxygens (including phenoxy) is 2. The summed E-state index contributed by atoms with van der Waals surface area (Å²) in [4.78, 5) is 11.2. The first-order valence-corrected chi connectivity index (χ1v) is 4.93. The van der Waals surface area contributed by atoms with Crippen LogP contribution >= 0.6 is 0 Å². The van der Waals surface area contributed by atoms with Crippen molar-refractivity contribution in [2.75, 3.05) is 14.2 Å². The number of aliphatic carboxylic acids is 1. The van der Waals surface area contributed by atoms with Gasteiger partial charge in [0.1, 0.15) is 6.10 Å². The number of carboxylic acid groups (broad SMARTS) is 1. The van der Waals surface area contributed by atoms with Gasteiger partial charge in [0.25, 0.3) is 0 Å². The van der Waals surface area contributed by atoms with Crippen molar-refractivity contribution in [1.29, 1.82) is 0 Å². The first kappa shape index (κ1) is 12.7. The molecule has 0 bridgehead atoms. The van der Waals surface area contributed by atoms with Crippen LogP contribution in [0.1, 0.15) is 6.42 Å². The molecular weight excluding hydrogens is 208 g/mol. The lowest BCUT2D eigenvalue weighted by Gasteiger charge is -2.33. The van der Waals surface area contributed by atoms with Crippen LogP contribution in [0, 0.1) is 0 Å². The van der Waals surface area contributed by atoms with Gasteiger partial charge < -0.3 is 14.6 Å². The summed E-state index contributed by atoms with van der Waals surface area (Å²) in [6, 6.07) is 0. The SMILES string of the molecule is C=CCC1=CC(OC)C(OC)(C(=O)O)C=C1. The molecule has 1 aliphatic rings. The van der Waals surface area contributed by atoms with E-state index in [2.05, 4.69) is 6.58 Å². The minimum atomic E-state index is -1.43. The number of carbonyl (C=O) groups is 1. The Balaban J connectivity index is 3.05. The first-order chi connectivity index (χ1) is 7.60. The summed E-state index contributed by atoms with van der Waals surface area (Å²) in [6.45, 7) is 3.63. The predicted octanol–water partition coefficient (Wildman–Crippen LogP) is 1.54. The van der Waals surface area contributed by atoms with Gasteiger partial charge in [-0.3, -0.25) is 0 Å². The minimum Gasteiger partial charge on any atom is -0.479 e. The van der Waals surface area contributed by atoms with Crippen molar-refractivity contribution in [1.82, 2.24) is 0 Å². The lowest BCUT2D eigenvalue weighted by atomic mass is 9.88. The van der Waals surface area contributed by atoms with Gasteiger partial charge >= 0.3 is 5.97 Å². The van der Waals surface area contributed by atoms with E-state index in [1.165, 1.54) is 20.3 Å². The van der Waals surface area contributed by atoms with Crippen LogP contribution in [0.4, 0.5) is 0 Å². The average molecular weight is 224 g/mol. The molecule has 0 saturated carbocycles. The smallest absolute Gasteiger partial charge is 0.343 e. The standard InChI is InChI=1S/C12H16O4/c1-4-5-9-6-7-12(16-3,11(13)14)10(8-9)15-2/h4,6-8,10H,1,5H2,2-3H3,(H,13,14). The highest BCUT2D eigenvalue weighted by molar-refractivity contribution is 5.82. The molecular formula is C12H16O4. The van der Waals surface area contributed by atoms with Crippen molar-refractivity contribution in [3.05, 3.63) is 36.5 Å². The highest BCUT2D eigenvalue weighted by Gasteiger charge is 2.45. The first-order valence-electron chi connectivity index (χ1n) is 4.93. The fraction of sp³-hybridized carbons (Fsp3) is 0.417. The van der Waals surface area contributed by atoms with E-state index in [1.54, 1.807) is 18.2 Å². The van der Waals surface area contributed by atoms with Crippen LogP contribution in [0.2, 0.25) is 0 Å². The zero-order valence-corrected chi connectivity index (χ0v) is 9.47. The third-order valence-electron chi connectivity index (χ3n) is 2.64. The number of allylic oxidation sites excluding steroid dienone is 3. The van der Waals surface area contributed by atoms with Crippen molar-refractivity contribution in [2.24, 2.45) is 0 Å². The maximum absolute atomic E-state index is 11.2. The van der Waals surface area contributed by atoms with Gasteiger partial charge in [-0.15, -0.1) is 6.58 Å². The molecule has 1 aliphatic carbocycles. The third-order valence-corrected chi connectivity index (χ3v) is 2.64. The number of hydrogen-bond acceptors (Lipinski definition) is 3. The topological polar surface area (TPSA) is 55.8 Å². The Morgan fingerprint density at radius 1 is 1.69 bits per heavy atom. The van der Waals surface area contributed by atoms with E-state index in [0.717, 1.165) is 5.57 Å². The normalized spacial score (nSPS) is 28.6. The van der Waals surface area contributed by atoms with Crippen LogP contribution in [0.5, 0.6) is 0 Å². The zero-order chi connectivity index (χ0) is 12.2. The Hall–Kier alpha value is -1.39. The summed E-state index contributed by atoms with van der Waals surface area (Å²) in [5.41, 5.74) is -0.463. The molecule has 0 amide bonds. The Labute approximate surface area is 94.9 Å². The van der Waals surface area contributed by atoms with Gasteiger partial charge in [0, 0.05) is 14.2 Å². The fourth-order valence-electron chi connectivity index (χ4n) is 1.71. The summed E-state index contributed by atoms with van der Waals surface area (Å²) in [7, 11) is 2.82. The molecule has 0 spiro atoms. The third kappa shape index (κ3) is 2.08. The zero-order valence-electron chi connectivity index (χ0n) is 9.47. The molecule has 0 aromatic heterocycles. The predicted molar refractivity (Wildman–Crippen MR) is 60.2 cm³/mol. The largest absolute Gasteiger partial charge is 0.479 e. The second-order valence-electron chi connectivity index (χ2n) is 3.53. The van der Waals surface area contributed by atoms with Crippen LogP contribution in [0.3, 0.4) is 0 Å². The average Bonchev–Trinajstić information content (AvgIpc) is 2.29. The molecule has 0 saturated heterocycles. The molecule has 4 nitrogen and oxygen atoms in total. The van der Waals surface area contributed by atoms with Crippen LogP contribution in [-0.4, -0.2) is 37.0 Å². The Morgan fingerprint density at radius 2 is 2.38 bits per heavy atom.